The van der Waals surface area contributed by atoms with Gasteiger partial charge < -0.3 is 19.8 Å². The Kier molecular flexibility index (Phi) is 4.88. The number of amides is 1. The van der Waals surface area contributed by atoms with E-state index in [0.717, 1.165) is 25.0 Å². The van der Waals surface area contributed by atoms with Crippen molar-refractivity contribution >= 4 is 16.9 Å². The van der Waals surface area contributed by atoms with Gasteiger partial charge in [-0.15, -0.1) is 0 Å². The lowest BCUT2D eigenvalue weighted by Crippen LogP contribution is -2.35. The first-order valence-electron chi connectivity index (χ1n) is 7.76. The van der Waals surface area contributed by atoms with Crippen LogP contribution in [-0.4, -0.2) is 41.3 Å². The zero-order chi connectivity index (χ0) is 16.2. The predicted octanol–water partition coefficient (Wildman–Crippen LogP) is 1.90. The van der Waals surface area contributed by atoms with Crippen LogP contribution in [0.25, 0.3) is 11.0 Å². The number of carbonyl (C=O) groups is 1. The van der Waals surface area contributed by atoms with Crippen LogP contribution in [0.3, 0.4) is 0 Å². The number of aromatic nitrogens is 2. The van der Waals surface area contributed by atoms with Gasteiger partial charge in [0.15, 0.2) is 0 Å². The maximum absolute atomic E-state index is 13.9. The van der Waals surface area contributed by atoms with Gasteiger partial charge in [0.1, 0.15) is 11.9 Å². The second-order valence-electron chi connectivity index (χ2n) is 5.65. The second-order valence-corrected chi connectivity index (χ2v) is 5.65. The summed E-state index contributed by atoms with van der Waals surface area (Å²) in [5, 5.41) is 2.70. The largest absolute Gasteiger partial charge is 0.376 e. The van der Waals surface area contributed by atoms with Crippen LogP contribution in [0.4, 0.5) is 4.39 Å². The van der Waals surface area contributed by atoms with E-state index in [4.69, 9.17) is 9.47 Å². The number of hydrogen-bond acceptors (Lipinski definition) is 4. The number of rotatable bonds is 6. The van der Waals surface area contributed by atoms with Gasteiger partial charge in [-0.25, -0.2) is 9.37 Å². The van der Waals surface area contributed by atoms with Crippen LogP contribution in [0.5, 0.6) is 0 Å². The lowest BCUT2D eigenvalue weighted by molar-refractivity contribution is -0.133. The summed E-state index contributed by atoms with van der Waals surface area (Å²) in [5.74, 6) is -0.673. The summed E-state index contributed by atoms with van der Waals surface area (Å²) < 4.78 is 24.9. The minimum absolute atomic E-state index is 0.0699. The molecule has 2 N–H and O–H groups in total. The highest BCUT2D eigenvalue weighted by atomic mass is 19.1. The van der Waals surface area contributed by atoms with Crippen molar-refractivity contribution in [2.45, 2.75) is 38.5 Å². The number of fused-ring (bicyclic) bond motifs is 1. The molecule has 3 rings (SSSR count). The number of nitrogens with zero attached hydrogens (tertiary/aromatic N) is 1. The Morgan fingerprint density at radius 1 is 1.61 bits per heavy atom. The third-order valence-corrected chi connectivity index (χ3v) is 4.00. The third-order valence-electron chi connectivity index (χ3n) is 4.00. The molecule has 7 heteroatoms. The fraction of sp³-hybridized carbons (Fsp3) is 0.500. The standard InChI is InChI=1S/C16H20FN3O3/c1-10(23-8-11-3-2-6-22-11)16(21)18-7-12-13(17)4-5-14-15(12)20-9-19-14/h4-5,9-11H,2-3,6-8H2,1H3,(H,18,21)(H,19,20). The van der Waals surface area contributed by atoms with Crippen LogP contribution in [0.15, 0.2) is 18.5 Å². The highest BCUT2D eigenvalue weighted by molar-refractivity contribution is 5.82. The molecule has 1 fully saturated rings. The maximum atomic E-state index is 13.9. The number of hydrogen-bond donors (Lipinski definition) is 2. The minimum atomic E-state index is -0.611. The quantitative estimate of drug-likeness (QED) is 0.852. The highest BCUT2D eigenvalue weighted by Gasteiger charge is 2.20. The van der Waals surface area contributed by atoms with Crippen molar-refractivity contribution in [3.8, 4) is 0 Å². The first kappa shape index (κ1) is 15.9. The Labute approximate surface area is 133 Å². The molecule has 0 aliphatic carbocycles. The average molecular weight is 321 g/mol. The molecule has 1 amide bonds. The molecule has 6 nitrogen and oxygen atoms in total. The lowest BCUT2D eigenvalue weighted by atomic mass is 10.1. The monoisotopic (exact) mass is 321 g/mol. The molecular formula is C16H20FN3O3. The molecule has 2 atom stereocenters. The number of H-pyrrole nitrogens is 1. The molecular weight excluding hydrogens is 301 g/mol. The Hall–Kier alpha value is -1.99. The van der Waals surface area contributed by atoms with Gasteiger partial charge in [-0.3, -0.25) is 4.79 Å². The summed E-state index contributed by atoms with van der Waals surface area (Å²) in [6.07, 6.45) is 2.95. The summed E-state index contributed by atoms with van der Waals surface area (Å²) in [6, 6.07) is 2.98. The summed E-state index contributed by atoms with van der Waals surface area (Å²) in [7, 11) is 0. The fourth-order valence-corrected chi connectivity index (χ4v) is 2.63. The molecule has 23 heavy (non-hydrogen) atoms. The molecule has 2 aromatic rings. The van der Waals surface area contributed by atoms with E-state index >= 15 is 0 Å². The van der Waals surface area contributed by atoms with Gasteiger partial charge in [-0.1, -0.05) is 0 Å². The summed E-state index contributed by atoms with van der Waals surface area (Å²) in [6.45, 7) is 2.90. The first-order chi connectivity index (χ1) is 11.1. The van der Waals surface area contributed by atoms with Crippen LogP contribution in [0.1, 0.15) is 25.3 Å². The normalized spacial score (nSPS) is 19.1. The van der Waals surface area contributed by atoms with Gasteiger partial charge in [-0.2, -0.15) is 0 Å². The molecule has 1 aliphatic heterocycles. The smallest absolute Gasteiger partial charge is 0.249 e. The van der Waals surface area contributed by atoms with E-state index in [2.05, 4.69) is 15.3 Å². The van der Waals surface area contributed by atoms with Crippen molar-refractivity contribution in [2.75, 3.05) is 13.2 Å². The Morgan fingerprint density at radius 3 is 3.26 bits per heavy atom. The van der Waals surface area contributed by atoms with E-state index < -0.39 is 11.9 Å². The average Bonchev–Trinajstić information content (AvgIpc) is 3.22. The van der Waals surface area contributed by atoms with Crippen LogP contribution in [0.2, 0.25) is 0 Å². The minimum Gasteiger partial charge on any atom is -0.376 e. The van der Waals surface area contributed by atoms with Crippen molar-refractivity contribution in [3.63, 3.8) is 0 Å². The zero-order valence-corrected chi connectivity index (χ0v) is 13.0. The molecule has 1 aromatic carbocycles. The van der Waals surface area contributed by atoms with E-state index in [1.165, 1.54) is 12.4 Å². The van der Waals surface area contributed by atoms with Crippen LogP contribution < -0.4 is 5.32 Å². The van der Waals surface area contributed by atoms with E-state index in [-0.39, 0.29) is 18.6 Å². The number of nitrogens with one attached hydrogen (secondary N) is 2. The predicted molar refractivity (Wildman–Crippen MR) is 82.3 cm³/mol. The van der Waals surface area contributed by atoms with Crippen LogP contribution in [-0.2, 0) is 20.8 Å². The molecule has 2 heterocycles. The van der Waals surface area contributed by atoms with Gasteiger partial charge in [0.05, 0.1) is 30.1 Å². The van der Waals surface area contributed by atoms with Gasteiger partial charge in [0.2, 0.25) is 5.91 Å². The van der Waals surface area contributed by atoms with E-state index in [1.807, 2.05) is 0 Å². The Balaban J connectivity index is 1.55. The number of halogens is 1. The highest BCUT2D eigenvalue weighted by Crippen LogP contribution is 2.18. The number of aromatic amines is 1. The van der Waals surface area contributed by atoms with Gasteiger partial charge >= 0.3 is 0 Å². The van der Waals surface area contributed by atoms with E-state index in [9.17, 15) is 9.18 Å². The molecule has 0 spiro atoms. The Morgan fingerprint density at radius 2 is 2.48 bits per heavy atom. The van der Waals surface area contributed by atoms with Gasteiger partial charge in [-0.05, 0) is 31.9 Å². The SMILES string of the molecule is CC(OCC1CCCO1)C(=O)NCc1c(F)ccc2[nH]cnc12. The number of ether oxygens (including phenoxy) is 2. The summed E-state index contributed by atoms with van der Waals surface area (Å²) in [5.41, 5.74) is 1.62. The maximum Gasteiger partial charge on any atom is 0.249 e. The van der Waals surface area contributed by atoms with Crippen molar-refractivity contribution in [1.29, 1.82) is 0 Å². The van der Waals surface area contributed by atoms with Crippen molar-refractivity contribution < 1.29 is 18.7 Å². The molecule has 0 saturated carbocycles. The second kappa shape index (κ2) is 7.06. The summed E-state index contributed by atoms with van der Waals surface area (Å²) in [4.78, 5) is 19.1. The molecule has 0 bridgehead atoms. The molecule has 0 radical (unpaired) electrons. The molecule has 1 saturated heterocycles. The molecule has 124 valence electrons. The fourth-order valence-electron chi connectivity index (χ4n) is 2.63. The van der Waals surface area contributed by atoms with Gasteiger partial charge in [0, 0.05) is 18.7 Å². The zero-order valence-electron chi connectivity index (χ0n) is 13.0. The molecule has 2 unspecified atom stereocenters. The Bertz CT molecular complexity index is 682. The topological polar surface area (TPSA) is 76.2 Å². The number of benzene rings is 1. The third kappa shape index (κ3) is 3.68. The van der Waals surface area contributed by atoms with E-state index in [1.54, 1.807) is 13.0 Å². The lowest BCUT2D eigenvalue weighted by Gasteiger charge is -2.16. The van der Waals surface area contributed by atoms with Crippen LogP contribution >= 0.6 is 0 Å². The molecule has 1 aliphatic rings. The number of carbonyl (C=O) groups excluding carboxylic acids is 1. The van der Waals surface area contributed by atoms with Crippen LogP contribution in [0, 0.1) is 5.82 Å². The van der Waals surface area contributed by atoms with Crippen molar-refractivity contribution in [2.24, 2.45) is 0 Å². The van der Waals surface area contributed by atoms with Gasteiger partial charge in [0.25, 0.3) is 0 Å². The summed E-state index contributed by atoms with van der Waals surface area (Å²) >= 11 is 0. The van der Waals surface area contributed by atoms with Crippen molar-refractivity contribution in [1.82, 2.24) is 15.3 Å². The van der Waals surface area contributed by atoms with Crippen molar-refractivity contribution in [3.05, 3.63) is 29.8 Å². The number of imidazole rings is 1. The van der Waals surface area contributed by atoms with E-state index in [0.29, 0.717) is 17.7 Å². The molecule has 1 aromatic heterocycles. The first-order valence-corrected chi connectivity index (χ1v) is 7.76.